The number of urea groups is 1. The molecule has 3 aliphatic rings. The first-order chi connectivity index (χ1) is 21.4. The van der Waals surface area contributed by atoms with Gasteiger partial charge in [-0.05, 0) is 98.4 Å². The Morgan fingerprint density at radius 3 is 2.00 bits per heavy atom. The van der Waals surface area contributed by atoms with Gasteiger partial charge in [-0.1, -0.05) is 35.3 Å². The predicted molar refractivity (Wildman–Crippen MR) is 179 cm³/mol. The van der Waals surface area contributed by atoms with Crippen molar-refractivity contribution in [2.24, 2.45) is 0 Å². The number of halogens is 2. The fraction of sp³-hybridized carbons (Fsp3) is 0.412. The highest BCUT2D eigenvalue weighted by atomic mass is 35.5. The second-order valence-corrected chi connectivity index (χ2v) is 12.7. The van der Waals surface area contributed by atoms with Gasteiger partial charge in [-0.15, -0.1) is 0 Å². The van der Waals surface area contributed by atoms with Gasteiger partial charge in [-0.2, -0.15) is 0 Å². The molecule has 0 atom stereocenters. The highest BCUT2D eigenvalue weighted by molar-refractivity contribution is 6.39. The van der Waals surface area contributed by atoms with E-state index in [0.29, 0.717) is 54.0 Å². The fourth-order valence-electron chi connectivity index (χ4n) is 6.34. The fourth-order valence-corrected chi connectivity index (χ4v) is 6.96. The molecule has 3 heterocycles. The molecule has 0 unspecified atom stereocenters. The minimum Gasteiger partial charge on any atom is -0.372 e. The van der Waals surface area contributed by atoms with Crippen LogP contribution in [-0.2, 0) is 13.1 Å². The van der Waals surface area contributed by atoms with E-state index in [-0.39, 0.29) is 11.9 Å². The van der Waals surface area contributed by atoms with Crippen LogP contribution in [0, 0.1) is 0 Å². The topological polar surface area (TPSA) is 71.2 Å². The van der Waals surface area contributed by atoms with Crippen molar-refractivity contribution in [2.45, 2.75) is 38.8 Å². The zero-order valence-corrected chi connectivity index (χ0v) is 26.5. The smallest absolute Gasteiger partial charge is 0.322 e. The molecule has 0 aliphatic carbocycles. The molecule has 3 saturated heterocycles. The summed E-state index contributed by atoms with van der Waals surface area (Å²) in [5.41, 5.74) is 5.49. The molecule has 8 nitrogen and oxygen atoms in total. The minimum atomic E-state index is -0.210. The Balaban J connectivity index is 0.975. The van der Waals surface area contributed by atoms with Gasteiger partial charge in [0.2, 0.25) is 0 Å². The Kier molecular flexibility index (Phi) is 9.79. The normalized spacial score (nSPS) is 17.3. The predicted octanol–water partition coefficient (Wildman–Crippen LogP) is 6.47. The summed E-state index contributed by atoms with van der Waals surface area (Å²) in [6, 6.07) is 19.7. The quantitative estimate of drug-likeness (QED) is 0.297. The lowest BCUT2D eigenvalue weighted by Crippen LogP contribution is -2.50. The lowest BCUT2D eigenvalue weighted by Gasteiger charge is -2.36. The Hall–Kier alpha value is -3.46. The molecule has 44 heavy (non-hydrogen) atoms. The van der Waals surface area contributed by atoms with Gasteiger partial charge in [0.05, 0.1) is 15.7 Å². The molecule has 3 aliphatic heterocycles. The van der Waals surface area contributed by atoms with E-state index >= 15 is 0 Å². The van der Waals surface area contributed by atoms with E-state index in [1.54, 1.807) is 4.90 Å². The summed E-state index contributed by atoms with van der Waals surface area (Å²) >= 11 is 13.1. The number of nitrogens with zero attached hydrogens (tertiary/aromatic N) is 4. The van der Waals surface area contributed by atoms with Crippen LogP contribution in [0.15, 0.2) is 60.7 Å². The Morgan fingerprint density at radius 2 is 1.32 bits per heavy atom. The molecule has 232 valence electrons. The van der Waals surface area contributed by atoms with Crippen LogP contribution in [0.3, 0.4) is 0 Å². The van der Waals surface area contributed by atoms with Crippen LogP contribution in [0.5, 0.6) is 0 Å². The Bertz CT molecular complexity index is 1440. The van der Waals surface area contributed by atoms with E-state index < -0.39 is 0 Å². The van der Waals surface area contributed by atoms with Crippen LogP contribution in [0.2, 0.25) is 10.0 Å². The zero-order valence-electron chi connectivity index (χ0n) is 25.0. The van der Waals surface area contributed by atoms with Crippen LogP contribution in [-0.4, -0.2) is 74.1 Å². The molecule has 3 aromatic rings. The molecule has 0 spiro atoms. The monoisotopic (exact) mass is 634 g/mol. The van der Waals surface area contributed by atoms with E-state index in [4.69, 9.17) is 23.2 Å². The number of nitrogens with one attached hydrogen (secondary N) is 2. The van der Waals surface area contributed by atoms with Crippen molar-refractivity contribution in [2.75, 3.05) is 67.5 Å². The average Bonchev–Trinajstić information content (AvgIpc) is 3.77. The number of piperazine rings is 1. The van der Waals surface area contributed by atoms with Gasteiger partial charge in [-0.3, -0.25) is 9.69 Å². The first-order valence-corrected chi connectivity index (χ1v) is 16.4. The number of hydrogen-bond acceptors (Lipinski definition) is 5. The highest BCUT2D eigenvalue weighted by Gasteiger charge is 2.23. The average molecular weight is 636 g/mol. The van der Waals surface area contributed by atoms with Crippen LogP contribution in [0.4, 0.5) is 21.9 Å². The highest BCUT2D eigenvalue weighted by Crippen LogP contribution is 2.33. The van der Waals surface area contributed by atoms with Gasteiger partial charge in [-0.25, -0.2) is 4.79 Å². The van der Waals surface area contributed by atoms with Crippen molar-refractivity contribution in [1.29, 1.82) is 0 Å². The van der Waals surface area contributed by atoms with Gasteiger partial charge in [0.15, 0.2) is 0 Å². The molecule has 0 saturated carbocycles. The molecular formula is C34H40Cl2N6O2. The number of amides is 3. The molecule has 6 rings (SSSR count). The summed E-state index contributed by atoms with van der Waals surface area (Å²) in [7, 11) is 0. The molecule has 10 heteroatoms. The maximum absolute atomic E-state index is 13.1. The van der Waals surface area contributed by atoms with E-state index in [1.807, 2.05) is 36.4 Å². The van der Waals surface area contributed by atoms with E-state index in [9.17, 15) is 9.59 Å². The van der Waals surface area contributed by atoms with E-state index in [1.165, 1.54) is 31.4 Å². The second-order valence-electron chi connectivity index (χ2n) is 11.9. The molecule has 0 aromatic heterocycles. The third-order valence-electron chi connectivity index (χ3n) is 8.84. The first-order valence-electron chi connectivity index (χ1n) is 15.7. The lowest BCUT2D eigenvalue weighted by atomic mass is 10.1. The molecular weight excluding hydrogens is 595 g/mol. The van der Waals surface area contributed by atoms with Crippen molar-refractivity contribution < 1.29 is 9.59 Å². The maximum atomic E-state index is 13.1. The number of benzene rings is 3. The van der Waals surface area contributed by atoms with Crippen molar-refractivity contribution >= 4 is 52.2 Å². The minimum absolute atomic E-state index is 0.0917. The van der Waals surface area contributed by atoms with Gasteiger partial charge in [0.25, 0.3) is 5.91 Å². The van der Waals surface area contributed by atoms with Crippen molar-refractivity contribution in [3.05, 3.63) is 87.4 Å². The SMILES string of the molecule is O=C(NCc1cccc(N2CCCC2)c1)c1ccc(N2CCN(C(=O)Nc3c(Cl)cc(CN4CCCC4)cc3Cl)CC2)cc1. The zero-order chi connectivity index (χ0) is 30.5. The van der Waals surface area contributed by atoms with Gasteiger partial charge in [0, 0.05) is 69.3 Å². The molecule has 2 N–H and O–H groups in total. The Labute approximate surface area is 269 Å². The number of anilines is 3. The summed E-state index contributed by atoms with van der Waals surface area (Å²) in [5.74, 6) is -0.0917. The number of likely N-dealkylation sites (tertiary alicyclic amines) is 1. The van der Waals surface area contributed by atoms with Gasteiger partial charge < -0.3 is 25.3 Å². The first kappa shape index (κ1) is 30.6. The van der Waals surface area contributed by atoms with Crippen molar-refractivity contribution in [3.8, 4) is 0 Å². The summed E-state index contributed by atoms with van der Waals surface area (Å²) in [6.07, 6.45) is 4.92. The number of rotatable bonds is 8. The molecule has 3 aromatic carbocycles. The lowest BCUT2D eigenvalue weighted by molar-refractivity contribution is 0.0951. The molecule has 3 amide bonds. The summed E-state index contributed by atoms with van der Waals surface area (Å²) in [6.45, 7) is 8.18. The third-order valence-corrected chi connectivity index (χ3v) is 9.43. The molecule has 0 radical (unpaired) electrons. The second kappa shape index (κ2) is 14.1. The van der Waals surface area contributed by atoms with Gasteiger partial charge in [0.1, 0.15) is 0 Å². The number of carbonyl (C=O) groups excluding carboxylic acids is 2. The number of carbonyl (C=O) groups is 2. The van der Waals surface area contributed by atoms with Crippen LogP contribution >= 0.6 is 23.2 Å². The van der Waals surface area contributed by atoms with Crippen LogP contribution < -0.4 is 20.4 Å². The largest absolute Gasteiger partial charge is 0.372 e. The van der Waals surface area contributed by atoms with Crippen LogP contribution in [0.25, 0.3) is 0 Å². The molecule has 3 fully saturated rings. The van der Waals surface area contributed by atoms with Gasteiger partial charge >= 0.3 is 6.03 Å². The maximum Gasteiger partial charge on any atom is 0.322 e. The van der Waals surface area contributed by atoms with E-state index in [2.05, 4.69) is 49.6 Å². The van der Waals surface area contributed by atoms with Crippen molar-refractivity contribution in [3.63, 3.8) is 0 Å². The third kappa shape index (κ3) is 7.42. The molecule has 0 bridgehead atoms. The van der Waals surface area contributed by atoms with Crippen LogP contribution in [0.1, 0.15) is 47.2 Å². The van der Waals surface area contributed by atoms with Crippen molar-refractivity contribution in [1.82, 2.24) is 15.1 Å². The summed E-state index contributed by atoms with van der Waals surface area (Å²) in [5, 5.41) is 6.90. The summed E-state index contributed by atoms with van der Waals surface area (Å²) < 4.78 is 0. The Morgan fingerprint density at radius 1 is 0.682 bits per heavy atom. The number of hydrogen-bond donors (Lipinski definition) is 2. The van der Waals surface area contributed by atoms with E-state index in [0.717, 1.165) is 49.5 Å². The summed E-state index contributed by atoms with van der Waals surface area (Å²) in [4.78, 5) is 34.7. The standard InChI is InChI=1S/C34H40Cl2N6O2/c35-30-21-26(24-39-12-1-2-13-39)22-31(36)32(30)38-34(44)42-18-16-41(17-19-42)28-10-8-27(9-11-28)33(43)37-23-25-6-5-7-29(20-25)40-14-3-4-15-40/h5-11,20-22H,1-4,12-19,23-24H2,(H,37,43)(H,38,44).